The Balaban J connectivity index is 2.05. The number of carbonyl (C=O) groups excluding carboxylic acids is 1. The highest BCUT2D eigenvalue weighted by Gasteiger charge is 2.08. The third-order valence-electron chi connectivity index (χ3n) is 3.09. The molecule has 94 valence electrons. The molecular formula is C15H17NO2. The van der Waals surface area contributed by atoms with Crippen LogP contribution < -0.4 is 0 Å². The summed E-state index contributed by atoms with van der Waals surface area (Å²) in [6.07, 6.45) is 2.92. The highest BCUT2D eigenvalue weighted by Crippen LogP contribution is 2.23. The van der Waals surface area contributed by atoms with Crippen LogP contribution in [0.4, 0.5) is 0 Å². The number of aromatic amines is 1. The number of H-pyrrole nitrogens is 1. The molecule has 0 bridgehead atoms. The monoisotopic (exact) mass is 243 g/mol. The fourth-order valence-corrected chi connectivity index (χ4v) is 2.09. The minimum atomic E-state index is 0.114. The highest BCUT2D eigenvalue weighted by atomic mass is 16.3. The lowest BCUT2D eigenvalue weighted by atomic mass is 10.0. The SMILES string of the molecule is Cc1cc(CCC(=O)c2ccc[nH]2)cc(C)c1O. The van der Waals surface area contributed by atoms with Crippen molar-refractivity contribution < 1.29 is 9.90 Å². The second kappa shape index (κ2) is 5.08. The summed E-state index contributed by atoms with van der Waals surface area (Å²) in [5.41, 5.74) is 3.46. The van der Waals surface area contributed by atoms with Crippen LogP contribution in [-0.4, -0.2) is 15.9 Å². The van der Waals surface area contributed by atoms with Gasteiger partial charge in [0, 0.05) is 12.6 Å². The Bertz CT molecular complexity index is 533. The lowest BCUT2D eigenvalue weighted by Crippen LogP contribution is -2.01. The van der Waals surface area contributed by atoms with E-state index < -0.39 is 0 Å². The highest BCUT2D eigenvalue weighted by molar-refractivity contribution is 5.94. The molecule has 0 aliphatic carbocycles. The average molecular weight is 243 g/mol. The van der Waals surface area contributed by atoms with Crippen molar-refractivity contribution in [3.8, 4) is 5.75 Å². The van der Waals surface area contributed by atoms with Gasteiger partial charge in [0.25, 0.3) is 0 Å². The van der Waals surface area contributed by atoms with E-state index in [0.29, 0.717) is 24.3 Å². The van der Waals surface area contributed by atoms with Crippen molar-refractivity contribution in [1.29, 1.82) is 0 Å². The minimum absolute atomic E-state index is 0.114. The molecule has 18 heavy (non-hydrogen) atoms. The van der Waals surface area contributed by atoms with Crippen molar-refractivity contribution in [2.75, 3.05) is 0 Å². The van der Waals surface area contributed by atoms with Crippen LogP contribution in [0, 0.1) is 13.8 Å². The number of Topliss-reactive ketones (excluding diaryl/α,β-unsaturated/α-hetero) is 1. The topological polar surface area (TPSA) is 53.1 Å². The van der Waals surface area contributed by atoms with E-state index in [0.717, 1.165) is 16.7 Å². The molecule has 3 heteroatoms. The number of phenolic OH excluding ortho intramolecular Hbond substituents is 1. The largest absolute Gasteiger partial charge is 0.507 e. The van der Waals surface area contributed by atoms with Gasteiger partial charge in [-0.3, -0.25) is 4.79 Å². The van der Waals surface area contributed by atoms with E-state index in [4.69, 9.17) is 0 Å². The second-order valence-corrected chi connectivity index (χ2v) is 4.59. The number of aromatic nitrogens is 1. The predicted molar refractivity (Wildman–Crippen MR) is 71.0 cm³/mol. The molecule has 0 spiro atoms. The van der Waals surface area contributed by atoms with E-state index in [1.807, 2.05) is 32.0 Å². The zero-order chi connectivity index (χ0) is 13.1. The summed E-state index contributed by atoms with van der Waals surface area (Å²) in [7, 11) is 0. The van der Waals surface area contributed by atoms with Crippen LogP contribution in [0.5, 0.6) is 5.75 Å². The predicted octanol–water partition coefficient (Wildman–Crippen LogP) is 3.15. The Morgan fingerprint density at radius 1 is 1.28 bits per heavy atom. The van der Waals surface area contributed by atoms with E-state index in [1.54, 1.807) is 12.3 Å². The van der Waals surface area contributed by atoms with Crippen LogP contribution in [0.15, 0.2) is 30.5 Å². The van der Waals surface area contributed by atoms with Crippen molar-refractivity contribution in [2.24, 2.45) is 0 Å². The molecule has 0 fully saturated rings. The number of rotatable bonds is 4. The van der Waals surface area contributed by atoms with Gasteiger partial charge in [0.1, 0.15) is 5.75 Å². The number of nitrogens with one attached hydrogen (secondary N) is 1. The Morgan fingerprint density at radius 2 is 1.94 bits per heavy atom. The molecule has 0 saturated carbocycles. The van der Waals surface area contributed by atoms with Crippen LogP contribution in [0.3, 0.4) is 0 Å². The molecule has 2 rings (SSSR count). The minimum Gasteiger partial charge on any atom is -0.507 e. The number of benzene rings is 1. The summed E-state index contributed by atoms with van der Waals surface area (Å²) in [5.74, 6) is 0.456. The van der Waals surface area contributed by atoms with Crippen molar-refractivity contribution >= 4 is 5.78 Å². The molecule has 0 radical (unpaired) electrons. The molecule has 0 saturated heterocycles. The van der Waals surface area contributed by atoms with E-state index in [2.05, 4.69) is 4.98 Å². The average Bonchev–Trinajstić information content (AvgIpc) is 2.86. The molecule has 1 aromatic carbocycles. The molecule has 0 unspecified atom stereocenters. The van der Waals surface area contributed by atoms with Crippen LogP contribution in [0.25, 0.3) is 0 Å². The Kier molecular flexibility index (Phi) is 3.51. The molecule has 0 amide bonds. The Morgan fingerprint density at radius 3 is 2.50 bits per heavy atom. The van der Waals surface area contributed by atoms with Gasteiger partial charge in [-0.1, -0.05) is 12.1 Å². The van der Waals surface area contributed by atoms with Crippen LogP contribution in [-0.2, 0) is 6.42 Å². The second-order valence-electron chi connectivity index (χ2n) is 4.59. The number of phenols is 1. The van der Waals surface area contributed by atoms with Gasteiger partial charge < -0.3 is 10.1 Å². The Hall–Kier alpha value is -2.03. The summed E-state index contributed by atoms with van der Waals surface area (Å²) in [6.45, 7) is 3.75. The van der Waals surface area contributed by atoms with Crippen LogP contribution >= 0.6 is 0 Å². The molecule has 0 atom stereocenters. The van der Waals surface area contributed by atoms with Crippen LogP contribution in [0.1, 0.15) is 33.6 Å². The normalized spacial score (nSPS) is 10.6. The third-order valence-corrected chi connectivity index (χ3v) is 3.09. The van der Waals surface area contributed by atoms with E-state index in [9.17, 15) is 9.90 Å². The first kappa shape index (κ1) is 12.4. The van der Waals surface area contributed by atoms with Gasteiger partial charge in [-0.15, -0.1) is 0 Å². The van der Waals surface area contributed by atoms with Gasteiger partial charge in [0.15, 0.2) is 5.78 Å². The smallest absolute Gasteiger partial charge is 0.179 e. The fraction of sp³-hybridized carbons (Fsp3) is 0.267. The summed E-state index contributed by atoms with van der Waals surface area (Å²) in [5, 5.41) is 9.69. The van der Waals surface area contributed by atoms with Crippen molar-refractivity contribution in [3.63, 3.8) is 0 Å². The first-order valence-corrected chi connectivity index (χ1v) is 6.03. The van der Waals surface area contributed by atoms with Crippen LogP contribution in [0.2, 0.25) is 0 Å². The zero-order valence-electron chi connectivity index (χ0n) is 10.7. The van der Waals surface area contributed by atoms with Gasteiger partial charge in [-0.2, -0.15) is 0 Å². The first-order valence-electron chi connectivity index (χ1n) is 6.03. The summed E-state index contributed by atoms with van der Waals surface area (Å²) >= 11 is 0. The molecule has 0 aliphatic heterocycles. The molecule has 3 nitrogen and oxygen atoms in total. The molecule has 2 aromatic rings. The maximum absolute atomic E-state index is 11.8. The maximum Gasteiger partial charge on any atom is 0.179 e. The molecular weight excluding hydrogens is 226 g/mol. The molecule has 0 aliphatic rings. The van der Waals surface area contributed by atoms with Gasteiger partial charge in [0.2, 0.25) is 0 Å². The first-order chi connectivity index (χ1) is 8.58. The quantitative estimate of drug-likeness (QED) is 0.810. The molecule has 1 heterocycles. The maximum atomic E-state index is 11.8. The number of carbonyl (C=O) groups is 1. The van der Waals surface area contributed by atoms with E-state index in [1.165, 1.54) is 0 Å². The van der Waals surface area contributed by atoms with Gasteiger partial charge in [0.05, 0.1) is 5.69 Å². The van der Waals surface area contributed by atoms with Crippen molar-refractivity contribution in [1.82, 2.24) is 4.98 Å². The third kappa shape index (κ3) is 2.62. The number of ketones is 1. The lowest BCUT2D eigenvalue weighted by Gasteiger charge is -2.07. The lowest BCUT2D eigenvalue weighted by molar-refractivity contribution is 0.0978. The van der Waals surface area contributed by atoms with Gasteiger partial charge >= 0.3 is 0 Å². The van der Waals surface area contributed by atoms with Gasteiger partial charge in [-0.25, -0.2) is 0 Å². The standard InChI is InChI=1S/C15H17NO2/c1-10-8-12(9-11(2)15(10)18)5-6-14(17)13-4-3-7-16-13/h3-4,7-9,16,18H,5-6H2,1-2H3. The number of hydrogen-bond donors (Lipinski definition) is 2. The number of aryl methyl sites for hydroxylation is 3. The summed E-state index contributed by atoms with van der Waals surface area (Å²) in [4.78, 5) is 14.8. The van der Waals surface area contributed by atoms with E-state index in [-0.39, 0.29) is 5.78 Å². The number of hydrogen-bond acceptors (Lipinski definition) is 2. The van der Waals surface area contributed by atoms with Crippen molar-refractivity contribution in [2.45, 2.75) is 26.7 Å². The van der Waals surface area contributed by atoms with Gasteiger partial charge in [-0.05, 0) is 49.1 Å². The molecule has 2 N–H and O–H groups in total. The molecule has 1 aromatic heterocycles. The number of aromatic hydroxyl groups is 1. The summed E-state index contributed by atoms with van der Waals surface area (Å²) in [6, 6.07) is 7.48. The zero-order valence-corrected chi connectivity index (χ0v) is 10.7. The van der Waals surface area contributed by atoms with E-state index >= 15 is 0 Å². The fourth-order valence-electron chi connectivity index (χ4n) is 2.09. The Labute approximate surface area is 106 Å². The summed E-state index contributed by atoms with van der Waals surface area (Å²) < 4.78 is 0. The van der Waals surface area contributed by atoms with Crippen molar-refractivity contribution in [3.05, 3.63) is 52.8 Å².